The summed E-state index contributed by atoms with van der Waals surface area (Å²) in [6.45, 7) is 0.891. The van der Waals surface area contributed by atoms with E-state index >= 15 is 0 Å². The topological polar surface area (TPSA) is 66.8 Å². The Morgan fingerprint density at radius 3 is 2.70 bits per heavy atom. The molecule has 0 spiro atoms. The van der Waals surface area contributed by atoms with Gasteiger partial charge in [-0.15, -0.1) is 0 Å². The molecule has 0 bridgehead atoms. The van der Waals surface area contributed by atoms with Crippen LogP contribution in [0.25, 0.3) is 0 Å². The summed E-state index contributed by atoms with van der Waals surface area (Å²) in [4.78, 5) is 25.8. The van der Waals surface area contributed by atoms with E-state index in [1.54, 1.807) is 12.0 Å². The van der Waals surface area contributed by atoms with Crippen LogP contribution in [-0.2, 0) is 16.0 Å². The average molecular weight is 382 g/mol. The van der Waals surface area contributed by atoms with Crippen LogP contribution < -0.4 is 4.74 Å². The number of nitrogens with zero attached hydrogens (tertiary/aromatic N) is 1. The number of carboxylic acid groups (broad SMARTS) is 1. The van der Waals surface area contributed by atoms with Crippen LogP contribution in [0.3, 0.4) is 0 Å². The number of aliphatic carboxylic acids is 1. The fourth-order valence-electron chi connectivity index (χ4n) is 3.46. The maximum absolute atomic E-state index is 12.6. The standard InChI is InChI=1S/C17H20BrNO4/c1-23-15-5-4-12(18)6-11(15)7-16(20)19-8-13(10-2-3-10)14(9-19)17(21)22/h4-6,10,13-14H,2-3,7-9H2,1H3,(H,21,22)/t13-,14+/m1/s1. The highest BCUT2D eigenvalue weighted by atomic mass is 79.9. The Balaban J connectivity index is 1.71. The van der Waals surface area contributed by atoms with Crippen molar-refractivity contribution >= 4 is 27.8 Å². The third-order valence-corrected chi connectivity index (χ3v) is 5.34. The molecule has 1 amide bonds. The van der Waals surface area contributed by atoms with Gasteiger partial charge in [-0.25, -0.2) is 0 Å². The van der Waals surface area contributed by atoms with E-state index in [0.29, 0.717) is 24.8 Å². The second kappa shape index (κ2) is 6.51. The summed E-state index contributed by atoms with van der Waals surface area (Å²) in [7, 11) is 1.58. The minimum Gasteiger partial charge on any atom is -0.496 e. The van der Waals surface area contributed by atoms with Crippen LogP contribution in [0, 0.1) is 17.8 Å². The van der Waals surface area contributed by atoms with Crippen LogP contribution in [0.2, 0.25) is 0 Å². The number of hydrogen-bond acceptors (Lipinski definition) is 3. The van der Waals surface area contributed by atoms with E-state index in [0.717, 1.165) is 22.9 Å². The number of carboxylic acids is 1. The first-order valence-electron chi connectivity index (χ1n) is 7.82. The number of benzene rings is 1. The van der Waals surface area contributed by atoms with Crippen molar-refractivity contribution in [2.45, 2.75) is 19.3 Å². The van der Waals surface area contributed by atoms with Crippen molar-refractivity contribution in [3.63, 3.8) is 0 Å². The van der Waals surface area contributed by atoms with Crippen LogP contribution in [0.4, 0.5) is 0 Å². The maximum Gasteiger partial charge on any atom is 0.308 e. The molecule has 2 fully saturated rings. The number of ether oxygens (including phenoxy) is 1. The summed E-state index contributed by atoms with van der Waals surface area (Å²) in [6, 6.07) is 5.57. The number of amides is 1. The van der Waals surface area contributed by atoms with Crippen molar-refractivity contribution in [2.75, 3.05) is 20.2 Å². The van der Waals surface area contributed by atoms with Gasteiger partial charge in [0.15, 0.2) is 0 Å². The Hall–Kier alpha value is -1.56. The molecule has 2 atom stereocenters. The van der Waals surface area contributed by atoms with Crippen LogP contribution in [0.15, 0.2) is 22.7 Å². The summed E-state index contributed by atoms with van der Waals surface area (Å²) in [5, 5.41) is 9.40. The number of likely N-dealkylation sites (tertiary alicyclic amines) is 1. The van der Waals surface area contributed by atoms with Crippen molar-refractivity contribution in [1.29, 1.82) is 0 Å². The molecule has 23 heavy (non-hydrogen) atoms. The number of carbonyl (C=O) groups excluding carboxylic acids is 1. The van der Waals surface area contributed by atoms with Gasteiger partial charge in [-0.05, 0) is 42.9 Å². The molecule has 1 aliphatic heterocycles. The van der Waals surface area contributed by atoms with E-state index in [-0.39, 0.29) is 18.2 Å². The molecule has 1 saturated carbocycles. The molecule has 0 aromatic heterocycles. The van der Waals surface area contributed by atoms with Crippen molar-refractivity contribution in [1.82, 2.24) is 4.90 Å². The molecular formula is C17H20BrNO4. The first kappa shape index (κ1) is 16.3. The SMILES string of the molecule is COc1ccc(Br)cc1CC(=O)N1C[C@H](C(=O)O)[C@@H](C2CC2)C1. The lowest BCUT2D eigenvalue weighted by atomic mass is 9.92. The Morgan fingerprint density at radius 2 is 2.09 bits per heavy atom. The highest BCUT2D eigenvalue weighted by molar-refractivity contribution is 9.10. The number of hydrogen-bond donors (Lipinski definition) is 1. The minimum atomic E-state index is -0.780. The van der Waals surface area contributed by atoms with Gasteiger partial charge < -0.3 is 14.7 Å². The van der Waals surface area contributed by atoms with Gasteiger partial charge in [0, 0.05) is 23.1 Å². The van der Waals surface area contributed by atoms with Gasteiger partial charge in [-0.1, -0.05) is 15.9 Å². The van der Waals surface area contributed by atoms with Gasteiger partial charge in [-0.2, -0.15) is 0 Å². The lowest BCUT2D eigenvalue weighted by molar-refractivity contribution is -0.142. The molecule has 5 nitrogen and oxygen atoms in total. The normalized spacial score (nSPS) is 23.8. The van der Waals surface area contributed by atoms with Crippen molar-refractivity contribution < 1.29 is 19.4 Å². The van der Waals surface area contributed by atoms with Gasteiger partial charge in [0.25, 0.3) is 0 Å². The van der Waals surface area contributed by atoms with Crippen molar-refractivity contribution in [3.05, 3.63) is 28.2 Å². The Bertz CT molecular complexity index is 629. The second-order valence-corrected chi connectivity index (χ2v) is 7.29. The maximum atomic E-state index is 12.6. The highest BCUT2D eigenvalue weighted by Crippen LogP contribution is 2.44. The number of carbonyl (C=O) groups is 2. The van der Waals surface area contributed by atoms with E-state index in [1.807, 2.05) is 18.2 Å². The lowest BCUT2D eigenvalue weighted by Crippen LogP contribution is -2.31. The summed E-state index contributed by atoms with van der Waals surface area (Å²) in [5.41, 5.74) is 0.814. The number of rotatable bonds is 5. The quantitative estimate of drug-likeness (QED) is 0.850. The lowest BCUT2D eigenvalue weighted by Gasteiger charge is -2.17. The Morgan fingerprint density at radius 1 is 1.35 bits per heavy atom. The second-order valence-electron chi connectivity index (χ2n) is 6.38. The molecular weight excluding hydrogens is 362 g/mol. The molecule has 3 rings (SSSR count). The predicted octanol–water partition coefficient (Wildman–Crippen LogP) is 2.57. The molecule has 1 N–H and O–H groups in total. The van der Waals surface area contributed by atoms with Crippen LogP contribution in [0.1, 0.15) is 18.4 Å². The zero-order chi connectivity index (χ0) is 16.6. The first-order chi connectivity index (χ1) is 11.0. The fraction of sp³-hybridized carbons (Fsp3) is 0.529. The van der Waals surface area contributed by atoms with E-state index in [2.05, 4.69) is 15.9 Å². The zero-order valence-electron chi connectivity index (χ0n) is 13.0. The highest BCUT2D eigenvalue weighted by Gasteiger charge is 2.46. The molecule has 6 heteroatoms. The fourth-order valence-corrected chi connectivity index (χ4v) is 3.86. The zero-order valence-corrected chi connectivity index (χ0v) is 14.6. The summed E-state index contributed by atoms with van der Waals surface area (Å²) in [6.07, 6.45) is 2.41. The van der Waals surface area contributed by atoms with Gasteiger partial charge >= 0.3 is 5.97 Å². The van der Waals surface area contributed by atoms with E-state index in [4.69, 9.17) is 4.74 Å². The van der Waals surface area contributed by atoms with Crippen LogP contribution >= 0.6 is 15.9 Å². The van der Waals surface area contributed by atoms with Crippen molar-refractivity contribution in [3.8, 4) is 5.75 Å². The molecule has 1 aliphatic carbocycles. The van der Waals surface area contributed by atoms with Crippen LogP contribution in [-0.4, -0.2) is 42.1 Å². The molecule has 124 valence electrons. The molecule has 1 heterocycles. The monoisotopic (exact) mass is 381 g/mol. The number of halogens is 1. The van der Waals surface area contributed by atoms with Gasteiger partial charge in [0.05, 0.1) is 19.4 Å². The third kappa shape index (κ3) is 3.52. The molecule has 1 aromatic rings. The first-order valence-corrected chi connectivity index (χ1v) is 8.62. The van der Waals surface area contributed by atoms with Gasteiger partial charge in [0.1, 0.15) is 5.75 Å². The summed E-state index contributed by atoms with van der Waals surface area (Å²) in [5.74, 6) is 0.0355. The summed E-state index contributed by atoms with van der Waals surface area (Å²) >= 11 is 3.41. The van der Waals surface area contributed by atoms with Crippen molar-refractivity contribution in [2.24, 2.45) is 17.8 Å². The molecule has 0 radical (unpaired) electrons. The number of methoxy groups -OCH3 is 1. The van der Waals surface area contributed by atoms with E-state index in [9.17, 15) is 14.7 Å². The largest absolute Gasteiger partial charge is 0.496 e. The predicted molar refractivity (Wildman–Crippen MR) is 88.3 cm³/mol. The van der Waals surface area contributed by atoms with E-state index < -0.39 is 11.9 Å². The van der Waals surface area contributed by atoms with Crippen LogP contribution in [0.5, 0.6) is 5.75 Å². The molecule has 1 aromatic carbocycles. The Labute approximate surface area is 143 Å². The average Bonchev–Trinajstić information content (AvgIpc) is 3.25. The van der Waals surface area contributed by atoms with Gasteiger partial charge in [-0.3, -0.25) is 9.59 Å². The molecule has 1 saturated heterocycles. The Kier molecular flexibility index (Phi) is 4.62. The minimum absolute atomic E-state index is 0.0317. The van der Waals surface area contributed by atoms with Gasteiger partial charge in [0.2, 0.25) is 5.91 Å². The molecule has 0 unspecified atom stereocenters. The summed E-state index contributed by atoms with van der Waals surface area (Å²) < 4.78 is 6.20. The molecule has 2 aliphatic rings. The van der Waals surface area contributed by atoms with E-state index in [1.165, 1.54) is 0 Å². The smallest absolute Gasteiger partial charge is 0.308 e. The third-order valence-electron chi connectivity index (χ3n) is 4.85.